The van der Waals surface area contributed by atoms with Gasteiger partial charge in [0.05, 0.1) is 37.2 Å². The van der Waals surface area contributed by atoms with Gasteiger partial charge < -0.3 is 19.9 Å². The Morgan fingerprint density at radius 2 is 1.39 bits per heavy atom. The second-order valence-corrected chi connectivity index (χ2v) is 15.1. The van der Waals surface area contributed by atoms with Crippen LogP contribution in [0.15, 0.2) is 145 Å². The Kier molecular flexibility index (Phi) is 8.88. The average molecular weight is 757 g/mol. The average Bonchev–Trinajstić information content (AvgIpc) is 3.51. The van der Waals surface area contributed by atoms with Crippen LogP contribution in [0, 0.1) is 23.7 Å². The van der Waals surface area contributed by atoms with E-state index in [1.807, 2.05) is 109 Å². The molecule has 2 N–H and O–H groups in total. The number of imide groups is 1. The highest BCUT2D eigenvalue weighted by Gasteiger charge is 2.66. The number of allylic oxidation sites excluding steroid dienone is 4. The van der Waals surface area contributed by atoms with Crippen molar-refractivity contribution < 1.29 is 33.8 Å². The number of carbonyl (C=O) groups is 4. The molecule has 3 aliphatic carbocycles. The van der Waals surface area contributed by atoms with Gasteiger partial charge in [-0.3, -0.25) is 24.1 Å². The molecule has 5 aromatic rings. The first-order valence-corrected chi connectivity index (χ1v) is 19.1. The van der Waals surface area contributed by atoms with Crippen LogP contribution in [-0.4, -0.2) is 42.7 Å². The SMILES string of the molecule is COc1cc(O)c(C2C3=CCC4C(=O)N(c5ccc(Nc6ccccc6)cc5)C(=O)C4C3CC3C(=O)C(c4ccccc4)=CC(=O)C32c2ccccc2)c(OC)c1. The van der Waals surface area contributed by atoms with Crippen LogP contribution in [0.2, 0.25) is 0 Å². The van der Waals surface area contributed by atoms with Gasteiger partial charge in [0.15, 0.2) is 11.6 Å². The number of benzene rings is 5. The van der Waals surface area contributed by atoms with Crippen LogP contribution < -0.4 is 19.7 Å². The lowest BCUT2D eigenvalue weighted by molar-refractivity contribution is -0.135. The van der Waals surface area contributed by atoms with Crippen LogP contribution in [-0.2, 0) is 24.6 Å². The van der Waals surface area contributed by atoms with Gasteiger partial charge >= 0.3 is 0 Å². The van der Waals surface area contributed by atoms with Crippen molar-refractivity contribution in [1.29, 1.82) is 0 Å². The van der Waals surface area contributed by atoms with E-state index < -0.39 is 35.0 Å². The fraction of sp³-hybridized carbons (Fsp3) is 0.208. The standard InChI is InChI=1S/C48H40N2O7/c1-56-33-24-39(51)43(40(25-33)57-2)44-34-22-23-35-42(47(55)50(46(35)54)32-20-18-31(19-21-32)49-30-16-10-5-11-17-30)37(34)26-38-45(53)36(28-12-6-3-7-13-28)27-41(52)48(38,44)29-14-8-4-9-15-29/h3-22,24-25,27,35,37-38,42,44,49,51H,23,26H2,1-2H3. The molecular weight excluding hydrogens is 717 g/mol. The van der Waals surface area contributed by atoms with Crippen molar-refractivity contribution in [3.8, 4) is 17.2 Å². The Morgan fingerprint density at radius 1 is 0.737 bits per heavy atom. The van der Waals surface area contributed by atoms with E-state index >= 15 is 9.59 Å². The number of methoxy groups -OCH3 is 2. The van der Waals surface area contributed by atoms with Gasteiger partial charge in [0, 0.05) is 46.5 Å². The first kappa shape index (κ1) is 35.9. The van der Waals surface area contributed by atoms with E-state index in [2.05, 4.69) is 5.32 Å². The quantitative estimate of drug-likeness (QED) is 0.120. The van der Waals surface area contributed by atoms with Crippen molar-refractivity contribution in [1.82, 2.24) is 0 Å². The van der Waals surface area contributed by atoms with E-state index in [1.165, 1.54) is 31.3 Å². The number of fused-ring (bicyclic) bond motifs is 4. The lowest BCUT2D eigenvalue weighted by Crippen LogP contribution is -2.58. The number of ether oxygens (including phenoxy) is 2. The maximum atomic E-state index is 15.4. The van der Waals surface area contributed by atoms with E-state index in [0.29, 0.717) is 33.7 Å². The lowest BCUT2D eigenvalue weighted by atomic mass is 9.44. The number of anilines is 3. The summed E-state index contributed by atoms with van der Waals surface area (Å²) in [4.78, 5) is 61.1. The molecule has 4 aliphatic rings. The first-order valence-electron chi connectivity index (χ1n) is 19.1. The molecule has 9 heteroatoms. The highest BCUT2D eigenvalue weighted by molar-refractivity contribution is 6.32. The minimum absolute atomic E-state index is 0.138. The summed E-state index contributed by atoms with van der Waals surface area (Å²) in [5, 5.41) is 15.3. The molecular formula is C48H40N2O7. The zero-order chi connectivity index (χ0) is 39.4. The fourth-order valence-corrected chi connectivity index (χ4v) is 9.99. The summed E-state index contributed by atoms with van der Waals surface area (Å²) >= 11 is 0. The zero-order valence-corrected chi connectivity index (χ0v) is 31.4. The van der Waals surface area contributed by atoms with E-state index in [1.54, 1.807) is 18.2 Å². The van der Waals surface area contributed by atoms with Gasteiger partial charge in [-0.1, -0.05) is 90.5 Å². The molecule has 1 aliphatic heterocycles. The molecule has 5 aromatic carbocycles. The van der Waals surface area contributed by atoms with Crippen LogP contribution in [0.4, 0.5) is 17.1 Å². The lowest BCUT2D eigenvalue weighted by Gasteiger charge is -2.55. The summed E-state index contributed by atoms with van der Waals surface area (Å²) in [7, 11) is 2.96. The molecule has 1 saturated heterocycles. The number of aromatic hydroxyl groups is 1. The van der Waals surface area contributed by atoms with Gasteiger partial charge in [0.25, 0.3) is 0 Å². The summed E-state index contributed by atoms with van der Waals surface area (Å²) in [6.07, 6.45) is 3.80. The van der Waals surface area contributed by atoms with E-state index in [0.717, 1.165) is 16.9 Å². The molecule has 0 bridgehead atoms. The first-order chi connectivity index (χ1) is 27.8. The Balaban J connectivity index is 1.21. The molecule has 284 valence electrons. The highest BCUT2D eigenvalue weighted by Crippen LogP contribution is 2.65. The molecule has 2 fully saturated rings. The third kappa shape index (κ3) is 5.59. The Bertz CT molecular complexity index is 2480. The molecule has 2 amide bonds. The molecule has 9 nitrogen and oxygen atoms in total. The second-order valence-electron chi connectivity index (χ2n) is 15.1. The number of hydrogen-bond acceptors (Lipinski definition) is 8. The Labute approximate surface area is 330 Å². The van der Waals surface area contributed by atoms with Gasteiger partial charge in [0.1, 0.15) is 17.2 Å². The minimum Gasteiger partial charge on any atom is -0.507 e. The molecule has 0 spiro atoms. The summed E-state index contributed by atoms with van der Waals surface area (Å²) in [6, 6.07) is 38.4. The number of ketones is 2. The van der Waals surface area contributed by atoms with E-state index in [4.69, 9.17) is 9.47 Å². The number of nitrogens with zero attached hydrogens (tertiary/aromatic N) is 1. The predicted octanol–water partition coefficient (Wildman–Crippen LogP) is 8.18. The topological polar surface area (TPSA) is 122 Å². The third-order valence-electron chi connectivity index (χ3n) is 12.4. The number of rotatable bonds is 8. The van der Waals surface area contributed by atoms with Crippen LogP contribution >= 0.6 is 0 Å². The van der Waals surface area contributed by atoms with Crippen molar-refractivity contribution in [2.75, 3.05) is 24.4 Å². The smallest absolute Gasteiger partial charge is 0.238 e. The van der Waals surface area contributed by atoms with Gasteiger partial charge in [-0.05, 0) is 72.4 Å². The molecule has 6 atom stereocenters. The van der Waals surface area contributed by atoms with Crippen molar-refractivity contribution in [3.05, 3.63) is 162 Å². The van der Waals surface area contributed by atoms with Gasteiger partial charge in [0.2, 0.25) is 11.8 Å². The number of amides is 2. The van der Waals surface area contributed by atoms with Crippen LogP contribution in [0.5, 0.6) is 17.2 Å². The molecule has 6 unspecified atom stereocenters. The van der Waals surface area contributed by atoms with Gasteiger partial charge in [-0.15, -0.1) is 0 Å². The summed E-state index contributed by atoms with van der Waals surface area (Å²) in [5.41, 5.74) is 3.19. The maximum absolute atomic E-state index is 15.4. The van der Waals surface area contributed by atoms with Crippen LogP contribution in [0.3, 0.4) is 0 Å². The second kappa shape index (κ2) is 14.1. The van der Waals surface area contributed by atoms with Crippen molar-refractivity contribution in [2.45, 2.75) is 24.2 Å². The number of phenolic OH excluding ortho intramolecular Hbond substituents is 1. The number of nitrogens with one attached hydrogen (secondary N) is 1. The van der Waals surface area contributed by atoms with E-state index in [9.17, 15) is 14.7 Å². The molecule has 57 heavy (non-hydrogen) atoms. The molecule has 0 aromatic heterocycles. The maximum Gasteiger partial charge on any atom is 0.238 e. The summed E-state index contributed by atoms with van der Waals surface area (Å²) < 4.78 is 11.4. The summed E-state index contributed by atoms with van der Waals surface area (Å²) in [6.45, 7) is 0. The van der Waals surface area contributed by atoms with Gasteiger partial charge in [-0.2, -0.15) is 0 Å². The predicted molar refractivity (Wildman–Crippen MR) is 216 cm³/mol. The number of carbonyl (C=O) groups excluding carboxylic acids is 4. The third-order valence-corrected chi connectivity index (χ3v) is 12.4. The molecule has 1 saturated carbocycles. The fourth-order valence-electron chi connectivity index (χ4n) is 9.99. The van der Waals surface area contributed by atoms with Crippen molar-refractivity contribution in [3.63, 3.8) is 0 Å². The number of Topliss-reactive ketones (excluding diaryl/α,β-unsaturated/α-hetero) is 1. The van der Waals surface area contributed by atoms with Crippen LogP contribution in [0.25, 0.3) is 5.57 Å². The Hall–Kier alpha value is -6.74. The zero-order valence-electron chi connectivity index (χ0n) is 31.4. The molecule has 0 radical (unpaired) electrons. The van der Waals surface area contributed by atoms with Crippen molar-refractivity contribution in [2.24, 2.45) is 23.7 Å². The largest absolute Gasteiger partial charge is 0.507 e. The van der Waals surface area contributed by atoms with Crippen molar-refractivity contribution >= 4 is 46.0 Å². The molecule has 1 heterocycles. The minimum atomic E-state index is -1.53. The highest BCUT2D eigenvalue weighted by atomic mass is 16.5. The Morgan fingerprint density at radius 3 is 2.05 bits per heavy atom. The normalized spacial score (nSPS) is 25.2. The number of phenols is 1. The van der Waals surface area contributed by atoms with E-state index in [-0.39, 0.29) is 47.7 Å². The monoisotopic (exact) mass is 756 g/mol. The number of para-hydroxylation sites is 1. The van der Waals surface area contributed by atoms with Gasteiger partial charge in [-0.25, -0.2) is 0 Å². The molecule has 9 rings (SSSR count). The number of hydrogen-bond donors (Lipinski definition) is 2. The summed E-state index contributed by atoms with van der Waals surface area (Å²) in [5.74, 6) is -4.76. The van der Waals surface area contributed by atoms with Crippen LogP contribution in [0.1, 0.15) is 35.4 Å².